The maximum Gasteiger partial charge on any atom is 0.183 e. The molecule has 4 heteroatoms. The third kappa shape index (κ3) is 2.50. The average Bonchev–Trinajstić information content (AvgIpc) is 3.11. The maximum atomic E-state index is 11.1. The SMILES string of the molecule is N/C=C\c1cc2n(c1)-c1cc3cc#ccc3cc1OC(c1ccccc1)=C2O. The number of aliphatic hydroxyl groups is 1. The van der Waals surface area contributed by atoms with Crippen molar-refractivity contribution in [2.75, 3.05) is 0 Å². The van der Waals surface area contributed by atoms with Gasteiger partial charge in [-0.3, -0.25) is 0 Å². The first-order chi connectivity index (χ1) is 13.7. The molecule has 2 heterocycles. The lowest BCUT2D eigenvalue weighted by Crippen LogP contribution is -1.98. The Morgan fingerprint density at radius 3 is 2.50 bits per heavy atom. The zero-order valence-electron chi connectivity index (χ0n) is 14.9. The zero-order valence-corrected chi connectivity index (χ0v) is 14.9. The molecular formula is C24H16N2O2. The van der Waals surface area contributed by atoms with E-state index < -0.39 is 0 Å². The fourth-order valence-electron chi connectivity index (χ4n) is 3.49. The third-order valence-electron chi connectivity index (χ3n) is 4.80. The Bertz CT molecular complexity index is 1250. The normalized spacial score (nSPS) is 13.0. The van der Waals surface area contributed by atoms with E-state index in [1.54, 1.807) is 6.08 Å². The van der Waals surface area contributed by atoms with Crippen molar-refractivity contribution in [1.29, 1.82) is 0 Å². The molecule has 0 amide bonds. The molecule has 0 spiro atoms. The molecule has 1 aromatic heterocycles. The van der Waals surface area contributed by atoms with Crippen LogP contribution in [0.1, 0.15) is 16.8 Å². The molecule has 134 valence electrons. The summed E-state index contributed by atoms with van der Waals surface area (Å²) in [6.45, 7) is 0. The summed E-state index contributed by atoms with van der Waals surface area (Å²) in [4.78, 5) is 0. The molecule has 4 aromatic rings. The van der Waals surface area contributed by atoms with Crippen molar-refractivity contribution in [2.45, 2.75) is 0 Å². The number of aliphatic hydroxyl groups excluding tert-OH is 1. The minimum atomic E-state index is 0.0706. The highest BCUT2D eigenvalue weighted by atomic mass is 16.5. The molecule has 28 heavy (non-hydrogen) atoms. The van der Waals surface area contributed by atoms with Crippen LogP contribution in [0.4, 0.5) is 0 Å². The third-order valence-corrected chi connectivity index (χ3v) is 4.80. The first-order valence-corrected chi connectivity index (χ1v) is 8.88. The number of nitrogens with two attached hydrogens (primary N) is 1. The van der Waals surface area contributed by atoms with Gasteiger partial charge in [-0.2, -0.15) is 0 Å². The van der Waals surface area contributed by atoms with Gasteiger partial charge in [0.2, 0.25) is 0 Å². The summed E-state index contributed by atoms with van der Waals surface area (Å²) in [5, 5.41) is 13.1. The van der Waals surface area contributed by atoms with Gasteiger partial charge in [-0.25, -0.2) is 0 Å². The monoisotopic (exact) mass is 364 g/mol. The Hall–Kier alpha value is -4.10. The number of aromatic nitrogens is 1. The van der Waals surface area contributed by atoms with Crippen molar-refractivity contribution in [2.24, 2.45) is 5.73 Å². The van der Waals surface area contributed by atoms with Gasteiger partial charge in [0.05, 0.1) is 11.4 Å². The summed E-state index contributed by atoms with van der Waals surface area (Å²) in [6.07, 6.45) is 5.20. The molecule has 0 atom stereocenters. The Morgan fingerprint density at radius 1 is 1.00 bits per heavy atom. The fraction of sp³-hybridized carbons (Fsp3) is 0. The molecule has 0 saturated carbocycles. The molecule has 1 aliphatic rings. The van der Waals surface area contributed by atoms with Crippen molar-refractivity contribution in [3.8, 4) is 11.4 Å². The molecule has 4 nitrogen and oxygen atoms in total. The molecule has 3 aromatic carbocycles. The van der Waals surface area contributed by atoms with E-state index in [1.165, 1.54) is 6.20 Å². The molecule has 0 bridgehead atoms. The predicted molar refractivity (Wildman–Crippen MR) is 111 cm³/mol. The summed E-state index contributed by atoms with van der Waals surface area (Å²) >= 11 is 0. The van der Waals surface area contributed by atoms with Crippen LogP contribution in [0.3, 0.4) is 0 Å². The van der Waals surface area contributed by atoms with Gasteiger partial charge < -0.3 is 20.1 Å². The molecule has 0 saturated heterocycles. The standard InChI is InChI=1S/C24H16N2O2/c25-11-10-16-12-21-23(27)24(17-6-2-1-3-7-17)28-22-14-19-9-5-4-8-18(19)13-20(22)26(21)15-16/h1-3,6-15,27H,25H2/b11-10-. The van der Waals surface area contributed by atoms with E-state index in [0.29, 0.717) is 17.2 Å². The van der Waals surface area contributed by atoms with Crippen molar-refractivity contribution in [1.82, 2.24) is 4.57 Å². The number of fused-ring (bicyclic) bond motifs is 4. The van der Waals surface area contributed by atoms with E-state index >= 15 is 0 Å². The molecule has 3 N–H and O–H groups in total. The van der Waals surface area contributed by atoms with E-state index in [9.17, 15) is 5.11 Å². The van der Waals surface area contributed by atoms with Crippen molar-refractivity contribution in [3.63, 3.8) is 0 Å². The Labute approximate surface area is 162 Å². The molecule has 0 fully saturated rings. The van der Waals surface area contributed by atoms with Gasteiger partial charge in [-0.15, -0.1) is 0 Å². The second-order valence-corrected chi connectivity index (χ2v) is 6.56. The smallest absolute Gasteiger partial charge is 0.183 e. The number of benzene rings is 2. The number of rotatable bonds is 2. The molecular weight excluding hydrogens is 348 g/mol. The Morgan fingerprint density at radius 2 is 1.75 bits per heavy atom. The Kier molecular flexibility index (Phi) is 3.60. The lowest BCUT2D eigenvalue weighted by atomic mass is 10.1. The summed E-state index contributed by atoms with van der Waals surface area (Å²) < 4.78 is 8.17. The average molecular weight is 364 g/mol. The molecule has 5 rings (SSSR count). The number of nitrogens with zero attached hydrogens (tertiary/aromatic N) is 1. The van der Waals surface area contributed by atoms with Crippen molar-refractivity contribution < 1.29 is 9.84 Å². The van der Waals surface area contributed by atoms with E-state index in [0.717, 1.165) is 27.6 Å². The van der Waals surface area contributed by atoms with E-state index in [2.05, 4.69) is 12.1 Å². The lowest BCUT2D eigenvalue weighted by Gasteiger charge is -2.13. The van der Waals surface area contributed by atoms with Gasteiger partial charge in [-0.1, -0.05) is 42.5 Å². The van der Waals surface area contributed by atoms with Gasteiger partial charge >= 0.3 is 0 Å². The molecule has 0 aliphatic carbocycles. The van der Waals surface area contributed by atoms with E-state index in [4.69, 9.17) is 10.5 Å². The number of hydrogen-bond donors (Lipinski definition) is 2. The summed E-state index contributed by atoms with van der Waals surface area (Å²) in [6, 6.07) is 25.2. The highest BCUT2D eigenvalue weighted by Gasteiger charge is 2.24. The van der Waals surface area contributed by atoms with Crippen LogP contribution in [0, 0.1) is 12.1 Å². The topological polar surface area (TPSA) is 60.4 Å². The lowest BCUT2D eigenvalue weighted by molar-refractivity contribution is 0.468. The number of hydrogen-bond acceptors (Lipinski definition) is 3. The van der Waals surface area contributed by atoms with Crippen LogP contribution in [-0.4, -0.2) is 9.67 Å². The van der Waals surface area contributed by atoms with Crippen LogP contribution in [0.5, 0.6) is 5.75 Å². The molecule has 0 unspecified atom stereocenters. The van der Waals surface area contributed by atoms with Crippen LogP contribution in [0.25, 0.3) is 34.1 Å². The predicted octanol–water partition coefficient (Wildman–Crippen LogP) is 4.94. The number of ether oxygens (including phenoxy) is 1. The largest absolute Gasteiger partial charge is 0.503 e. The minimum absolute atomic E-state index is 0.0706. The van der Waals surface area contributed by atoms with Gasteiger partial charge in [0.25, 0.3) is 0 Å². The quantitative estimate of drug-likeness (QED) is 0.530. The van der Waals surface area contributed by atoms with Crippen LogP contribution < -0.4 is 10.5 Å². The zero-order chi connectivity index (χ0) is 19.1. The minimum Gasteiger partial charge on any atom is -0.503 e. The second kappa shape index (κ2) is 6.26. The highest BCUT2D eigenvalue weighted by molar-refractivity contribution is 5.91. The first kappa shape index (κ1) is 16.1. The first-order valence-electron chi connectivity index (χ1n) is 8.88. The van der Waals surface area contributed by atoms with E-state index in [1.807, 2.05) is 71.4 Å². The molecule has 0 radical (unpaired) electrons. The van der Waals surface area contributed by atoms with Crippen LogP contribution in [0.15, 0.2) is 73.1 Å². The summed E-state index contributed by atoms with van der Waals surface area (Å²) in [5.41, 5.74) is 8.72. The van der Waals surface area contributed by atoms with Gasteiger partial charge in [0.1, 0.15) is 0 Å². The van der Waals surface area contributed by atoms with Crippen molar-refractivity contribution in [3.05, 3.63) is 102 Å². The van der Waals surface area contributed by atoms with Crippen LogP contribution in [0.2, 0.25) is 0 Å². The maximum absolute atomic E-state index is 11.1. The Balaban J connectivity index is 1.83. The van der Waals surface area contributed by atoms with Gasteiger partial charge in [-0.05, 0) is 58.9 Å². The van der Waals surface area contributed by atoms with Crippen LogP contribution in [-0.2, 0) is 0 Å². The summed E-state index contributed by atoms with van der Waals surface area (Å²) in [7, 11) is 0. The fourth-order valence-corrected chi connectivity index (χ4v) is 3.49. The van der Waals surface area contributed by atoms with Crippen molar-refractivity contribution >= 4 is 28.4 Å². The summed E-state index contributed by atoms with van der Waals surface area (Å²) in [5.74, 6) is 1.13. The highest BCUT2D eigenvalue weighted by Crippen LogP contribution is 2.39. The van der Waals surface area contributed by atoms with E-state index in [-0.39, 0.29) is 5.76 Å². The second-order valence-electron chi connectivity index (χ2n) is 6.56. The van der Waals surface area contributed by atoms with Gasteiger partial charge in [0, 0.05) is 11.8 Å². The van der Waals surface area contributed by atoms with Gasteiger partial charge in [0.15, 0.2) is 17.3 Å². The van der Waals surface area contributed by atoms with Crippen LogP contribution >= 0.6 is 0 Å². The molecule has 1 aliphatic heterocycles.